The molecule has 0 bridgehead atoms. The van der Waals surface area contributed by atoms with Crippen LogP contribution in [0.25, 0.3) is 32.7 Å². The van der Waals surface area contributed by atoms with E-state index in [0.717, 1.165) is 16.3 Å². The van der Waals surface area contributed by atoms with Gasteiger partial charge in [-0.05, 0) is 84.5 Å². The smallest absolute Gasteiger partial charge is 0.345 e. The number of ether oxygens (including phenoxy) is 2. The van der Waals surface area contributed by atoms with Crippen molar-refractivity contribution in [2.45, 2.75) is 46.6 Å². The molecule has 4 rings (SSSR count). The van der Waals surface area contributed by atoms with Gasteiger partial charge in [0, 0.05) is 0 Å². The summed E-state index contributed by atoms with van der Waals surface area (Å²) in [6.45, 7) is 8.80. The first-order valence-electron chi connectivity index (χ1n) is 12.0. The molecule has 35 heavy (non-hydrogen) atoms. The Morgan fingerprint density at radius 2 is 1.37 bits per heavy atom. The Labute approximate surface area is 206 Å². The number of benzene rings is 4. The van der Waals surface area contributed by atoms with Gasteiger partial charge in [-0.25, -0.2) is 4.79 Å². The molecule has 0 fully saturated rings. The largest absolute Gasteiger partial charge is 0.453 e. The Morgan fingerprint density at radius 3 is 2.03 bits per heavy atom. The summed E-state index contributed by atoms with van der Waals surface area (Å²) in [7, 11) is 0. The van der Waals surface area contributed by atoms with Crippen molar-refractivity contribution in [3.8, 4) is 11.1 Å². The van der Waals surface area contributed by atoms with E-state index in [1.165, 1.54) is 21.9 Å². The van der Waals surface area contributed by atoms with Crippen molar-refractivity contribution < 1.29 is 19.1 Å². The number of hydrogen-bond acceptors (Lipinski definition) is 4. The summed E-state index contributed by atoms with van der Waals surface area (Å²) in [5.74, 6) is -0.968. The lowest BCUT2D eigenvalue weighted by molar-refractivity contribution is -0.172. The topological polar surface area (TPSA) is 52.6 Å². The highest BCUT2D eigenvalue weighted by Crippen LogP contribution is 2.33. The maximum atomic E-state index is 12.4. The number of carbonyl (C=O) groups is 2. The summed E-state index contributed by atoms with van der Waals surface area (Å²) in [5, 5.41) is 4.56. The number of rotatable bonds is 7. The van der Waals surface area contributed by atoms with Crippen LogP contribution < -0.4 is 0 Å². The quantitative estimate of drug-likeness (QED) is 0.209. The van der Waals surface area contributed by atoms with Crippen LogP contribution in [0.1, 0.15) is 46.6 Å². The standard InChI is InChI=1S/C31H32O4/c1-6-30(2,3)29(33)34-20-28(32)35-31(4,5)25-15-17-27-24(19-25)13-12-23-18-22(14-16-26(23)27)21-10-8-7-9-11-21/h7-19H,6,20H2,1-5H3. The van der Waals surface area contributed by atoms with Crippen molar-refractivity contribution in [3.63, 3.8) is 0 Å². The van der Waals surface area contributed by atoms with Crippen LogP contribution in [0.5, 0.6) is 0 Å². The molecule has 0 saturated carbocycles. The molecule has 0 radical (unpaired) electrons. The molecule has 4 nitrogen and oxygen atoms in total. The van der Waals surface area contributed by atoms with Gasteiger partial charge in [-0.2, -0.15) is 0 Å². The molecule has 0 aliphatic rings. The highest BCUT2D eigenvalue weighted by molar-refractivity contribution is 6.08. The molecule has 0 unspecified atom stereocenters. The van der Waals surface area contributed by atoms with Gasteiger partial charge >= 0.3 is 11.9 Å². The fourth-order valence-corrected chi connectivity index (χ4v) is 4.09. The minimum absolute atomic E-state index is 0.395. The average Bonchev–Trinajstić information content (AvgIpc) is 2.86. The Bertz CT molecular complexity index is 1380. The fourth-order valence-electron chi connectivity index (χ4n) is 4.09. The number of fused-ring (bicyclic) bond motifs is 3. The highest BCUT2D eigenvalue weighted by atomic mass is 16.6. The van der Waals surface area contributed by atoms with Crippen molar-refractivity contribution in [3.05, 3.63) is 84.4 Å². The Morgan fingerprint density at radius 1 is 0.743 bits per heavy atom. The van der Waals surface area contributed by atoms with Gasteiger partial charge in [0.15, 0.2) is 6.61 Å². The molecule has 4 aromatic carbocycles. The zero-order valence-corrected chi connectivity index (χ0v) is 21.1. The van der Waals surface area contributed by atoms with Crippen LogP contribution in [0, 0.1) is 5.41 Å². The maximum absolute atomic E-state index is 12.4. The second-order valence-electron chi connectivity index (χ2n) is 10.1. The lowest BCUT2D eigenvalue weighted by Crippen LogP contribution is -2.31. The summed E-state index contributed by atoms with van der Waals surface area (Å²) in [5.41, 5.74) is 1.75. The summed E-state index contributed by atoms with van der Waals surface area (Å²) in [6.07, 6.45) is 0.631. The van der Waals surface area contributed by atoms with Crippen LogP contribution in [0.4, 0.5) is 0 Å². The number of carbonyl (C=O) groups excluding carboxylic acids is 2. The van der Waals surface area contributed by atoms with Crippen LogP contribution in [-0.4, -0.2) is 18.5 Å². The average molecular weight is 469 g/mol. The summed E-state index contributed by atoms with van der Waals surface area (Å²) >= 11 is 0. The first kappa shape index (κ1) is 24.5. The van der Waals surface area contributed by atoms with Gasteiger partial charge < -0.3 is 9.47 Å². The van der Waals surface area contributed by atoms with Gasteiger partial charge in [0.05, 0.1) is 5.41 Å². The zero-order valence-electron chi connectivity index (χ0n) is 21.1. The third kappa shape index (κ3) is 5.22. The van der Waals surface area contributed by atoms with Crippen LogP contribution in [-0.2, 0) is 24.7 Å². The third-order valence-electron chi connectivity index (χ3n) is 6.76. The number of esters is 2. The highest BCUT2D eigenvalue weighted by Gasteiger charge is 2.30. The van der Waals surface area contributed by atoms with E-state index >= 15 is 0 Å². The van der Waals surface area contributed by atoms with E-state index in [2.05, 4.69) is 54.6 Å². The van der Waals surface area contributed by atoms with Gasteiger partial charge in [0.25, 0.3) is 0 Å². The van der Waals surface area contributed by atoms with Crippen LogP contribution >= 0.6 is 0 Å². The van der Waals surface area contributed by atoms with E-state index < -0.39 is 29.6 Å². The van der Waals surface area contributed by atoms with E-state index in [4.69, 9.17) is 9.47 Å². The third-order valence-corrected chi connectivity index (χ3v) is 6.76. The second-order valence-corrected chi connectivity index (χ2v) is 10.1. The van der Waals surface area contributed by atoms with E-state index in [9.17, 15) is 9.59 Å². The molecule has 0 aromatic heterocycles. The van der Waals surface area contributed by atoms with Gasteiger partial charge in [-0.15, -0.1) is 0 Å². The molecule has 0 aliphatic heterocycles. The maximum Gasteiger partial charge on any atom is 0.345 e. The summed E-state index contributed by atoms with van der Waals surface area (Å²) in [6, 6.07) is 27.2. The molecule has 0 aliphatic carbocycles. The predicted octanol–water partition coefficient (Wildman–Crippen LogP) is 7.42. The molecule has 4 aromatic rings. The minimum Gasteiger partial charge on any atom is -0.453 e. The minimum atomic E-state index is -0.871. The molecule has 180 valence electrons. The normalized spacial score (nSPS) is 12.0. The summed E-state index contributed by atoms with van der Waals surface area (Å²) < 4.78 is 10.9. The Hall–Kier alpha value is -3.66. The van der Waals surface area contributed by atoms with E-state index in [1.807, 2.05) is 45.0 Å². The fraction of sp³-hybridized carbons (Fsp3) is 0.290. The molecule has 0 N–H and O–H groups in total. The van der Waals surface area contributed by atoms with Crippen molar-refractivity contribution in [1.82, 2.24) is 0 Å². The first-order chi connectivity index (χ1) is 16.6. The molecular weight excluding hydrogens is 436 g/mol. The van der Waals surface area contributed by atoms with Gasteiger partial charge in [-0.3, -0.25) is 4.79 Å². The van der Waals surface area contributed by atoms with Crippen molar-refractivity contribution in [2.24, 2.45) is 5.41 Å². The lowest BCUT2D eigenvalue weighted by atomic mass is 9.91. The number of hydrogen-bond donors (Lipinski definition) is 0. The van der Waals surface area contributed by atoms with Crippen LogP contribution in [0.15, 0.2) is 78.9 Å². The second kappa shape index (κ2) is 9.53. The molecule has 0 saturated heterocycles. The van der Waals surface area contributed by atoms with E-state index in [-0.39, 0.29) is 0 Å². The van der Waals surface area contributed by atoms with E-state index in [0.29, 0.717) is 6.42 Å². The molecular formula is C31H32O4. The van der Waals surface area contributed by atoms with Gasteiger partial charge in [-0.1, -0.05) is 73.7 Å². The predicted molar refractivity (Wildman–Crippen MR) is 141 cm³/mol. The molecule has 0 heterocycles. The van der Waals surface area contributed by atoms with Gasteiger partial charge in [0.1, 0.15) is 5.60 Å². The van der Waals surface area contributed by atoms with Gasteiger partial charge in [0.2, 0.25) is 0 Å². The summed E-state index contributed by atoms with van der Waals surface area (Å²) in [4.78, 5) is 24.6. The molecule has 0 atom stereocenters. The SMILES string of the molecule is CCC(C)(C)C(=O)OCC(=O)OC(C)(C)c1ccc2c(ccc3cc(-c4ccccc4)ccc32)c1. The van der Waals surface area contributed by atoms with Crippen molar-refractivity contribution >= 4 is 33.5 Å². The molecule has 0 spiro atoms. The zero-order chi connectivity index (χ0) is 25.2. The lowest BCUT2D eigenvalue weighted by Gasteiger charge is -2.26. The Balaban J connectivity index is 1.54. The molecule has 4 heteroatoms. The Kier molecular flexibility index (Phi) is 6.66. The first-order valence-corrected chi connectivity index (χ1v) is 12.0. The van der Waals surface area contributed by atoms with Crippen molar-refractivity contribution in [1.29, 1.82) is 0 Å². The van der Waals surface area contributed by atoms with E-state index in [1.54, 1.807) is 13.8 Å². The molecule has 0 amide bonds. The van der Waals surface area contributed by atoms with Crippen LogP contribution in [0.2, 0.25) is 0 Å². The van der Waals surface area contributed by atoms with Crippen molar-refractivity contribution in [2.75, 3.05) is 6.61 Å². The van der Waals surface area contributed by atoms with Crippen LogP contribution in [0.3, 0.4) is 0 Å². The monoisotopic (exact) mass is 468 g/mol.